The van der Waals surface area contributed by atoms with Gasteiger partial charge in [0.1, 0.15) is 4.84 Å². The van der Waals surface area contributed by atoms with Crippen molar-refractivity contribution in [3.05, 3.63) is 58.3 Å². The monoisotopic (exact) mass is 294 g/mol. The molecule has 0 aliphatic heterocycles. The van der Waals surface area contributed by atoms with Crippen LogP contribution in [-0.2, 0) is 0 Å². The van der Waals surface area contributed by atoms with E-state index in [-0.39, 0.29) is 5.43 Å². The molecule has 1 nitrogen and oxygen atoms in total. The predicted molar refractivity (Wildman–Crippen MR) is 80.0 cm³/mol. The second-order valence-corrected chi connectivity index (χ2v) is 6.10. The van der Waals surface area contributed by atoms with Crippen LogP contribution in [0.5, 0.6) is 0 Å². The van der Waals surface area contributed by atoms with Gasteiger partial charge in [-0.1, -0.05) is 24.3 Å². The van der Waals surface area contributed by atoms with E-state index in [9.17, 15) is 4.79 Å². The van der Waals surface area contributed by atoms with Gasteiger partial charge in [-0.05, 0) is 18.2 Å². The van der Waals surface area contributed by atoms with E-state index in [1.807, 2.05) is 42.5 Å². The van der Waals surface area contributed by atoms with Gasteiger partial charge in [0, 0.05) is 25.7 Å². The van der Waals surface area contributed by atoms with Gasteiger partial charge < -0.3 is 0 Å². The highest BCUT2D eigenvalue weighted by molar-refractivity contribution is 7.24. The number of rotatable bonds is 1. The largest absolute Gasteiger partial charge is 0.289 e. The summed E-state index contributed by atoms with van der Waals surface area (Å²) >= 11 is 13.5. The van der Waals surface area contributed by atoms with Crippen LogP contribution in [0.1, 0.15) is 10.4 Å². The molecule has 0 amide bonds. The van der Waals surface area contributed by atoms with Crippen molar-refractivity contribution < 1.29 is 0 Å². The maximum Gasteiger partial charge on any atom is 0.195 e. The summed E-state index contributed by atoms with van der Waals surface area (Å²) in [5, 5.41) is 1.43. The molecule has 2 aromatic carbocycles. The Labute approximate surface area is 118 Å². The molecular formula is C14H8Cl2OS. The summed E-state index contributed by atoms with van der Waals surface area (Å²) in [5.74, 6) is 0. The summed E-state index contributed by atoms with van der Waals surface area (Å²) in [6.45, 7) is 0. The van der Waals surface area contributed by atoms with Gasteiger partial charge in [0.2, 0.25) is 0 Å². The van der Waals surface area contributed by atoms with E-state index in [4.69, 9.17) is 23.2 Å². The molecule has 0 aliphatic carbocycles. The van der Waals surface area contributed by atoms with Crippen LogP contribution in [0, 0.1) is 0 Å². The Balaban J connectivity index is 2.56. The molecule has 0 atom stereocenters. The maximum atomic E-state index is 12.4. The topological polar surface area (TPSA) is 17.1 Å². The number of hydrogen-bond donors (Lipinski definition) is 0. The molecule has 3 aromatic rings. The van der Waals surface area contributed by atoms with Crippen LogP contribution in [0.25, 0.3) is 20.2 Å². The van der Waals surface area contributed by atoms with Gasteiger partial charge in [-0.25, -0.2) is 0 Å². The van der Waals surface area contributed by atoms with E-state index in [2.05, 4.69) is 0 Å². The van der Waals surface area contributed by atoms with Crippen LogP contribution in [0.3, 0.4) is 0 Å². The van der Waals surface area contributed by atoms with Crippen LogP contribution in [0.2, 0.25) is 0 Å². The number of halogens is 2. The Morgan fingerprint density at radius 1 is 0.944 bits per heavy atom. The van der Waals surface area contributed by atoms with Crippen molar-refractivity contribution in [2.75, 3.05) is 0 Å². The Bertz CT molecular complexity index is 793. The molecule has 0 radical (unpaired) electrons. The Morgan fingerprint density at radius 2 is 1.67 bits per heavy atom. The van der Waals surface area contributed by atoms with Gasteiger partial charge in [-0.3, -0.25) is 4.79 Å². The molecule has 90 valence electrons. The number of benzene rings is 2. The lowest BCUT2D eigenvalue weighted by atomic mass is 10.1. The van der Waals surface area contributed by atoms with E-state index in [0.717, 1.165) is 20.3 Å². The van der Waals surface area contributed by atoms with Crippen molar-refractivity contribution in [2.45, 2.75) is 4.84 Å². The third kappa shape index (κ3) is 1.81. The number of fused-ring (bicyclic) bond motifs is 2. The summed E-state index contributed by atoms with van der Waals surface area (Å²) in [6, 6.07) is 13.1. The Hall–Kier alpha value is -1.09. The molecule has 0 saturated carbocycles. The highest BCUT2D eigenvalue weighted by Gasteiger charge is 2.12. The maximum absolute atomic E-state index is 12.4. The average Bonchev–Trinajstić information content (AvgIpc) is 2.38. The van der Waals surface area contributed by atoms with E-state index in [1.54, 1.807) is 11.3 Å². The lowest BCUT2D eigenvalue weighted by Gasteiger charge is -2.07. The molecule has 1 heterocycles. The van der Waals surface area contributed by atoms with Crippen LogP contribution in [0.4, 0.5) is 0 Å². The van der Waals surface area contributed by atoms with Gasteiger partial charge in [0.25, 0.3) is 0 Å². The fourth-order valence-electron chi connectivity index (χ4n) is 2.02. The van der Waals surface area contributed by atoms with Gasteiger partial charge in [-0.2, -0.15) is 0 Å². The molecule has 0 aliphatic rings. The molecule has 3 rings (SSSR count). The molecule has 4 heteroatoms. The first-order valence-electron chi connectivity index (χ1n) is 5.41. The Morgan fingerprint density at radius 3 is 2.44 bits per heavy atom. The fourth-order valence-corrected chi connectivity index (χ4v) is 3.72. The van der Waals surface area contributed by atoms with Gasteiger partial charge in [-0.15, -0.1) is 34.5 Å². The van der Waals surface area contributed by atoms with E-state index >= 15 is 0 Å². The zero-order valence-electron chi connectivity index (χ0n) is 9.19. The van der Waals surface area contributed by atoms with E-state index in [0.29, 0.717) is 5.39 Å². The second-order valence-electron chi connectivity index (χ2n) is 3.95. The highest BCUT2D eigenvalue weighted by Crippen LogP contribution is 2.34. The van der Waals surface area contributed by atoms with Crippen LogP contribution in [0.15, 0.2) is 47.3 Å². The normalized spacial score (nSPS) is 11.5. The molecule has 0 spiro atoms. The quantitative estimate of drug-likeness (QED) is 0.461. The Kier molecular flexibility index (Phi) is 3.02. The van der Waals surface area contributed by atoms with Gasteiger partial charge in [0.15, 0.2) is 5.43 Å². The third-order valence-electron chi connectivity index (χ3n) is 2.87. The minimum Gasteiger partial charge on any atom is -0.289 e. The van der Waals surface area contributed by atoms with Gasteiger partial charge >= 0.3 is 0 Å². The first kappa shape index (κ1) is 12.0. The first-order chi connectivity index (χ1) is 8.68. The average molecular weight is 295 g/mol. The van der Waals surface area contributed by atoms with Crippen molar-refractivity contribution in [1.29, 1.82) is 0 Å². The fraction of sp³-hybridized carbons (Fsp3) is 0.0714. The zero-order chi connectivity index (χ0) is 12.7. The van der Waals surface area contributed by atoms with Crippen LogP contribution >= 0.6 is 34.5 Å². The van der Waals surface area contributed by atoms with Crippen molar-refractivity contribution in [3.63, 3.8) is 0 Å². The molecule has 18 heavy (non-hydrogen) atoms. The lowest BCUT2D eigenvalue weighted by molar-refractivity contribution is 1.40. The number of hydrogen-bond acceptors (Lipinski definition) is 2. The smallest absolute Gasteiger partial charge is 0.195 e. The van der Waals surface area contributed by atoms with Gasteiger partial charge in [0.05, 0.1) is 0 Å². The second kappa shape index (κ2) is 4.54. The first-order valence-corrected chi connectivity index (χ1v) is 7.10. The molecule has 0 N–H and O–H groups in total. The predicted octanol–water partition coefficient (Wildman–Crippen LogP) is 4.89. The summed E-state index contributed by atoms with van der Waals surface area (Å²) in [4.78, 5) is 11.8. The highest BCUT2D eigenvalue weighted by atomic mass is 35.5. The third-order valence-corrected chi connectivity index (χ3v) is 4.57. The minimum absolute atomic E-state index is 0.0372. The molecule has 0 unspecified atom stereocenters. The molecule has 0 bridgehead atoms. The number of alkyl halides is 2. The van der Waals surface area contributed by atoms with Crippen molar-refractivity contribution in [2.24, 2.45) is 0 Å². The summed E-state index contributed by atoms with van der Waals surface area (Å²) in [6.07, 6.45) is 0. The minimum atomic E-state index is -0.620. The van der Waals surface area contributed by atoms with E-state index < -0.39 is 4.84 Å². The summed E-state index contributed by atoms with van der Waals surface area (Å²) in [5.41, 5.74) is 0.832. The standard InChI is InChI=1S/C14H8Cl2OS/c15-14(16)10-6-3-5-9-12(17)8-4-1-2-7-11(8)18-13(9)10/h1-7,14H. The van der Waals surface area contributed by atoms with Crippen LogP contribution < -0.4 is 5.43 Å². The molecule has 0 fully saturated rings. The molecule has 0 saturated heterocycles. The molecule has 1 aromatic heterocycles. The van der Waals surface area contributed by atoms with Crippen molar-refractivity contribution >= 4 is 54.7 Å². The SMILES string of the molecule is O=c1c2ccccc2sc2c(C(Cl)Cl)cccc12. The van der Waals surface area contributed by atoms with E-state index in [1.165, 1.54) is 0 Å². The zero-order valence-corrected chi connectivity index (χ0v) is 11.5. The van der Waals surface area contributed by atoms with Crippen molar-refractivity contribution in [3.8, 4) is 0 Å². The van der Waals surface area contributed by atoms with Crippen molar-refractivity contribution in [1.82, 2.24) is 0 Å². The molecular weight excluding hydrogens is 287 g/mol. The summed E-state index contributed by atoms with van der Waals surface area (Å²) < 4.78 is 1.83. The van der Waals surface area contributed by atoms with Crippen LogP contribution in [-0.4, -0.2) is 0 Å². The lowest BCUT2D eigenvalue weighted by Crippen LogP contribution is -2.01. The summed E-state index contributed by atoms with van der Waals surface area (Å²) in [7, 11) is 0.